The number of rotatable bonds is 5. The van der Waals surface area contributed by atoms with E-state index in [4.69, 9.17) is 16.3 Å². The molecule has 0 unspecified atom stereocenters. The summed E-state index contributed by atoms with van der Waals surface area (Å²) >= 11 is 9.41. The second-order valence-electron chi connectivity index (χ2n) is 3.29. The number of benzene rings is 1. The molecule has 0 saturated carbocycles. The lowest BCUT2D eigenvalue weighted by Crippen LogP contribution is -1.89. The molecule has 2 aromatic rings. The Kier molecular flexibility index (Phi) is 4.46. The number of hydrogen-bond acceptors (Lipinski definition) is 4. The number of halogens is 1. The number of nitrogens with zero attached hydrogens (tertiary/aromatic N) is 1. The third kappa shape index (κ3) is 3.10. The van der Waals surface area contributed by atoms with Gasteiger partial charge in [0, 0.05) is 24.5 Å². The van der Waals surface area contributed by atoms with Crippen LogP contribution in [0.2, 0.25) is 5.02 Å². The van der Waals surface area contributed by atoms with Gasteiger partial charge in [0.15, 0.2) is 4.34 Å². The third-order valence-electron chi connectivity index (χ3n) is 2.05. The van der Waals surface area contributed by atoms with Crippen LogP contribution in [0.1, 0.15) is 6.42 Å². The average molecular weight is 274 g/mol. The van der Waals surface area contributed by atoms with E-state index in [0.29, 0.717) is 0 Å². The molecule has 16 heavy (non-hydrogen) atoms. The number of thiazole rings is 1. The van der Waals surface area contributed by atoms with Crippen LogP contribution in [0.5, 0.6) is 0 Å². The molecule has 0 saturated heterocycles. The van der Waals surface area contributed by atoms with E-state index < -0.39 is 0 Å². The SMILES string of the molecule is COCCCSc1nc2cc(Cl)ccc2s1. The Bertz CT molecular complexity index is 472. The molecule has 0 atom stereocenters. The lowest BCUT2D eigenvalue weighted by atomic mass is 10.3. The predicted molar refractivity (Wildman–Crippen MR) is 71.8 cm³/mol. The fourth-order valence-electron chi connectivity index (χ4n) is 1.30. The van der Waals surface area contributed by atoms with Crippen molar-refractivity contribution in [2.45, 2.75) is 10.8 Å². The summed E-state index contributed by atoms with van der Waals surface area (Å²) in [6.45, 7) is 0.809. The van der Waals surface area contributed by atoms with Gasteiger partial charge in [0.25, 0.3) is 0 Å². The molecule has 1 aromatic heterocycles. The number of fused-ring (bicyclic) bond motifs is 1. The van der Waals surface area contributed by atoms with E-state index in [2.05, 4.69) is 4.98 Å². The van der Waals surface area contributed by atoms with Crippen LogP contribution >= 0.6 is 34.7 Å². The normalized spacial score (nSPS) is 11.1. The van der Waals surface area contributed by atoms with E-state index in [1.54, 1.807) is 30.2 Å². The quantitative estimate of drug-likeness (QED) is 0.605. The van der Waals surface area contributed by atoms with Gasteiger partial charge in [-0.05, 0) is 24.6 Å². The number of methoxy groups -OCH3 is 1. The molecule has 0 N–H and O–H groups in total. The summed E-state index contributed by atoms with van der Waals surface area (Å²) in [5.74, 6) is 1.04. The van der Waals surface area contributed by atoms with Crippen LogP contribution in [0.25, 0.3) is 10.2 Å². The van der Waals surface area contributed by atoms with Crippen LogP contribution < -0.4 is 0 Å². The monoisotopic (exact) mass is 273 g/mol. The predicted octanol–water partition coefficient (Wildman–Crippen LogP) is 4.08. The highest BCUT2D eigenvalue weighted by Gasteiger charge is 2.04. The maximum absolute atomic E-state index is 5.91. The maximum Gasteiger partial charge on any atom is 0.151 e. The molecule has 0 bridgehead atoms. The number of thioether (sulfide) groups is 1. The Hall–Kier alpha value is -0.290. The van der Waals surface area contributed by atoms with E-state index in [1.807, 2.05) is 18.2 Å². The standard InChI is InChI=1S/C11H12ClNOS2/c1-14-5-2-6-15-11-13-9-7-8(12)3-4-10(9)16-11/h3-4,7H,2,5-6H2,1H3. The van der Waals surface area contributed by atoms with Gasteiger partial charge >= 0.3 is 0 Å². The van der Waals surface area contributed by atoms with Gasteiger partial charge in [-0.25, -0.2) is 4.98 Å². The number of ether oxygens (including phenoxy) is 1. The zero-order valence-electron chi connectivity index (χ0n) is 8.90. The van der Waals surface area contributed by atoms with Crippen molar-refractivity contribution in [3.8, 4) is 0 Å². The van der Waals surface area contributed by atoms with Crippen LogP contribution in [0, 0.1) is 0 Å². The number of aromatic nitrogens is 1. The molecular weight excluding hydrogens is 262 g/mol. The van der Waals surface area contributed by atoms with Gasteiger partial charge in [-0.2, -0.15) is 0 Å². The van der Waals surface area contributed by atoms with Crippen molar-refractivity contribution >= 4 is 44.9 Å². The van der Waals surface area contributed by atoms with E-state index in [1.165, 1.54) is 4.70 Å². The van der Waals surface area contributed by atoms with E-state index in [9.17, 15) is 0 Å². The summed E-state index contributed by atoms with van der Waals surface area (Å²) in [5, 5.41) is 0.744. The van der Waals surface area contributed by atoms with Crippen molar-refractivity contribution in [2.75, 3.05) is 19.5 Å². The lowest BCUT2D eigenvalue weighted by Gasteiger charge is -1.96. The molecule has 0 aliphatic rings. The smallest absolute Gasteiger partial charge is 0.151 e. The van der Waals surface area contributed by atoms with Crippen molar-refractivity contribution < 1.29 is 4.74 Å². The molecule has 2 nitrogen and oxygen atoms in total. The summed E-state index contributed by atoms with van der Waals surface area (Å²) < 4.78 is 7.30. The first kappa shape index (κ1) is 12.2. The van der Waals surface area contributed by atoms with Crippen molar-refractivity contribution in [3.05, 3.63) is 23.2 Å². The molecule has 0 aliphatic heterocycles. The minimum Gasteiger partial charge on any atom is -0.385 e. The summed E-state index contributed by atoms with van der Waals surface area (Å²) in [5.41, 5.74) is 0.992. The molecule has 5 heteroatoms. The summed E-state index contributed by atoms with van der Waals surface area (Å²) in [6.07, 6.45) is 1.05. The van der Waals surface area contributed by atoms with E-state index >= 15 is 0 Å². The van der Waals surface area contributed by atoms with Gasteiger partial charge in [0.2, 0.25) is 0 Å². The summed E-state index contributed by atoms with van der Waals surface area (Å²) in [4.78, 5) is 4.53. The Morgan fingerprint density at radius 1 is 1.50 bits per heavy atom. The first-order valence-electron chi connectivity index (χ1n) is 4.97. The molecule has 1 heterocycles. The number of hydrogen-bond donors (Lipinski definition) is 0. The van der Waals surface area contributed by atoms with Crippen molar-refractivity contribution in [2.24, 2.45) is 0 Å². The molecule has 0 fully saturated rings. The Morgan fingerprint density at radius 2 is 2.38 bits per heavy atom. The Balaban J connectivity index is 2.02. The minimum atomic E-state index is 0.744. The van der Waals surface area contributed by atoms with Crippen LogP contribution in [0.3, 0.4) is 0 Å². The molecule has 86 valence electrons. The van der Waals surface area contributed by atoms with Gasteiger partial charge in [-0.3, -0.25) is 0 Å². The molecule has 0 aliphatic carbocycles. The van der Waals surface area contributed by atoms with Crippen LogP contribution in [0.15, 0.2) is 22.5 Å². The van der Waals surface area contributed by atoms with E-state index in [0.717, 1.165) is 33.7 Å². The first-order valence-corrected chi connectivity index (χ1v) is 7.15. The first-order chi connectivity index (χ1) is 7.79. The maximum atomic E-state index is 5.91. The zero-order valence-corrected chi connectivity index (χ0v) is 11.3. The second kappa shape index (κ2) is 5.87. The molecule has 0 spiro atoms. The molecular formula is C11H12ClNOS2. The van der Waals surface area contributed by atoms with Crippen molar-refractivity contribution in [3.63, 3.8) is 0 Å². The van der Waals surface area contributed by atoms with Gasteiger partial charge in [-0.1, -0.05) is 23.4 Å². The molecule has 0 amide bonds. The van der Waals surface area contributed by atoms with Crippen molar-refractivity contribution in [1.29, 1.82) is 0 Å². The highest BCUT2D eigenvalue weighted by molar-refractivity contribution is 8.01. The summed E-state index contributed by atoms with van der Waals surface area (Å²) in [7, 11) is 1.73. The average Bonchev–Trinajstić information content (AvgIpc) is 2.66. The molecule has 0 radical (unpaired) electrons. The minimum absolute atomic E-state index is 0.744. The summed E-state index contributed by atoms with van der Waals surface area (Å²) in [6, 6.07) is 5.84. The second-order valence-corrected chi connectivity index (χ2v) is 6.10. The van der Waals surface area contributed by atoms with Crippen LogP contribution in [0.4, 0.5) is 0 Å². The lowest BCUT2D eigenvalue weighted by molar-refractivity contribution is 0.200. The third-order valence-corrected chi connectivity index (χ3v) is 4.55. The fraction of sp³-hybridized carbons (Fsp3) is 0.364. The van der Waals surface area contributed by atoms with Gasteiger partial charge in [0.1, 0.15) is 0 Å². The fourth-order valence-corrected chi connectivity index (χ4v) is 3.50. The topological polar surface area (TPSA) is 22.1 Å². The van der Waals surface area contributed by atoms with E-state index in [-0.39, 0.29) is 0 Å². The van der Waals surface area contributed by atoms with Gasteiger partial charge < -0.3 is 4.74 Å². The zero-order chi connectivity index (χ0) is 11.4. The largest absolute Gasteiger partial charge is 0.385 e. The Labute approximate surface area is 108 Å². The Morgan fingerprint density at radius 3 is 3.19 bits per heavy atom. The van der Waals surface area contributed by atoms with Crippen LogP contribution in [-0.2, 0) is 4.74 Å². The molecule has 2 rings (SSSR count). The molecule has 1 aromatic carbocycles. The highest BCUT2D eigenvalue weighted by atomic mass is 35.5. The van der Waals surface area contributed by atoms with Crippen molar-refractivity contribution in [1.82, 2.24) is 4.98 Å². The van der Waals surface area contributed by atoms with Gasteiger partial charge in [0.05, 0.1) is 10.2 Å². The van der Waals surface area contributed by atoms with Crippen LogP contribution in [-0.4, -0.2) is 24.5 Å². The van der Waals surface area contributed by atoms with Gasteiger partial charge in [-0.15, -0.1) is 11.3 Å². The highest BCUT2D eigenvalue weighted by Crippen LogP contribution is 2.31.